The second-order valence-electron chi connectivity index (χ2n) is 10.8. The Morgan fingerprint density at radius 3 is 2.66 bits per heavy atom. The van der Waals surface area contributed by atoms with Crippen molar-refractivity contribution in [3.8, 4) is 0 Å². The molecule has 2 fully saturated rings. The van der Waals surface area contributed by atoms with Gasteiger partial charge in [0.25, 0.3) is 0 Å². The highest BCUT2D eigenvalue weighted by molar-refractivity contribution is 5.92. The fourth-order valence-electron chi connectivity index (χ4n) is 5.90. The molecule has 2 aromatic carbocycles. The molecule has 3 aromatic rings. The number of para-hydroxylation sites is 1. The minimum absolute atomic E-state index is 0.0284. The molecule has 0 unspecified atom stereocenters. The molecule has 210 valence electrons. The van der Waals surface area contributed by atoms with E-state index in [0.717, 1.165) is 40.6 Å². The Hall–Kier alpha value is -4.50. The van der Waals surface area contributed by atoms with Crippen LogP contribution in [-0.4, -0.2) is 81.5 Å². The molecular weight excluding hydrogens is 516 g/mol. The van der Waals surface area contributed by atoms with E-state index in [-0.39, 0.29) is 30.9 Å². The van der Waals surface area contributed by atoms with Crippen molar-refractivity contribution in [1.82, 2.24) is 30.1 Å². The number of hydrogen-bond donors (Lipinski definition) is 1. The zero-order chi connectivity index (χ0) is 28.3. The number of rotatable bonds is 7. The average molecular weight is 551 g/mol. The Morgan fingerprint density at radius 2 is 1.85 bits per heavy atom. The summed E-state index contributed by atoms with van der Waals surface area (Å²) in [4.78, 5) is 48.8. The van der Waals surface area contributed by atoms with Gasteiger partial charge in [-0.2, -0.15) is 5.01 Å². The van der Waals surface area contributed by atoms with Crippen LogP contribution in [0.1, 0.15) is 24.1 Å². The molecule has 2 saturated heterocycles. The molecule has 1 aliphatic carbocycles. The number of amides is 4. The van der Waals surface area contributed by atoms with Gasteiger partial charge < -0.3 is 15.1 Å². The number of urea groups is 1. The van der Waals surface area contributed by atoms with Gasteiger partial charge >= 0.3 is 6.03 Å². The van der Waals surface area contributed by atoms with Crippen LogP contribution in [0.25, 0.3) is 10.9 Å². The molecule has 3 aliphatic rings. The Morgan fingerprint density at radius 1 is 1.05 bits per heavy atom. The number of carbonyl (C=O) groups is 3. The third kappa shape index (κ3) is 5.58. The predicted octanol–water partition coefficient (Wildman–Crippen LogP) is 3.49. The Bertz CT molecular complexity index is 1520. The maximum Gasteiger partial charge on any atom is 0.332 e. The van der Waals surface area contributed by atoms with Crippen molar-refractivity contribution < 1.29 is 14.4 Å². The Kier molecular flexibility index (Phi) is 7.52. The molecule has 1 aromatic heterocycles. The largest absolute Gasteiger partial charge is 0.333 e. The van der Waals surface area contributed by atoms with E-state index in [9.17, 15) is 14.4 Å². The minimum Gasteiger partial charge on any atom is -0.333 e. The second kappa shape index (κ2) is 11.5. The van der Waals surface area contributed by atoms with Crippen molar-refractivity contribution in [1.29, 1.82) is 0 Å². The van der Waals surface area contributed by atoms with Crippen LogP contribution < -0.4 is 5.32 Å². The molecule has 1 N–H and O–H groups in total. The molecular formula is C32H34N6O3. The number of pyridine rings is 1. The van der Waals surface area contributed by atoms with Gasteiger partial charge in [0, 0.05) is 25.4 Å². The van der Waals surface area contributed by atoms with Crippen molar-refractivity contribution in [2.75, 3.05) is 26.7 Å². The molecule has 0 spiro atoms. The number of aromatic nitrogens is 1. The quantitative estimate of drug-likeness (QED) is 0.487. The van der Waals surface area contributed by atoms with E-state index < -0.39 is 12.2 Å². The SMILES string of the molecule is CN(C(=O)NCC1=CC=CCC1)N1CC(=O)N2[C@@H](Cc3ccccc3)C(=O)N(Cc3ccc4ccccc4n3)C[C@@H]21. The van der Waals surface area contributed by atoms with E-state index in [1.165, 1.54) is 5.01 Å². The lowest BCUT2D eigenvalue weighted by Crippen LogP contribution is -2.65. The highest BCUT2D eigenvalue weighted by atomic mass is 16.2. The maximum atomic E-state index is 14.0. The third-order valence-electron chi connectivity index (χ3n) is 8.09. The van der Waals surface area contributed by atoms with Crippen LogP contribution in [0.4, 0.5) is 4.79 Å². The van der Waals surface area contributed by atoms with Crippen LogP contribution in [0.2, 0.25) is 0 Å². The number of nitrogens with one attached hydrogen (secondary N) is 1. The van der Waals surface area contributed by atoms with Gasteiger partial charge in [-0.15, -0.1) is 0 Å². The average Bonchev–Trinajstić information content (AvgIpc) is 3.34. The molecule has 6 rings (SSSR count). The first-order valence-electron chi connectivity index (χ1n) is 14.1. The lowest BCUT2D eigenvalue weighted by atomic mass is 10.0. The van der Waals surface area contributed by atoms with Gasteiger partial charge in [-0.25, -0.2) is 4.79 Å². The number of carbonyl (C=O) groups excluding carboxylic acids is 3. The summed E-state index contributed by atoms with van der Waals surface area (Å²) < 4.78 is 0. The zero-order valence-corrected chi connectivity index (χ0v) is 23.1. The Labute approximate surface area is 239 Å². The maximum absolute atomic E-state index is 14.0. The normalized spacial score (nSPS) is 20.8. The predicted molar refractivity (Wildman–Crippen MR) is 156 cm³/mol. The fraction of sp³-hybridized carbons (Fsp3) is 0.312. The number of allylic oxidation sites excluding steroid dienone is 3. The Balaban J connectivity index is 1.25. The summed E-state index contributed by atoms with van der Waals surface area (Å²) in [5.41, 5.74) is 3.78. The summed E-state index contributed by atoms with van der Waals surface area (Å²) in [6, 6.07) is 20.6. The van der Waals surface area contributed by atoms with Gasteiger partial charge in [-0.05, 0) is 30.5 Å². The first kappa shape index (κ1) is 26.7. The lowest BCUT2D eigenvalue weighted by Gasteiger charge is -2.45. The van der Waals surface area contributed by atoms with Crippen LogP contribution in [-0.2, 0) is 22.6 Å². The molecule has 0 saturated carbocycles. The summed E-state index contributed by atoms with van der Waals surface area (Å²) in [6.07, 6.45) is 7.96. The molecule has 0 bridgehead atoms. The van der Waals surface area contributed by atoms with E-state index in [1.807, 2.05) is 78.9 Å². The number of piperazine rings is 1. The molecule has 4 amide bonds. The van der Waals surface area contributed by atoms with Crippen LogP contribution in [0, 0.1) is 0 Å². The van der Waals surface area contributed by atoms with E-state index in [4.69, 9.17) is 4.98 Å². The van der Waals surface area contributed by atoms with Crippen molar-refractivity contribution in [3.05, 3.63) is 102 Å². The first-order chi connectivity index (χ1) is 20.0. The monoisotopic (exact) mass is 550 g/mol. The van der Waals surface area contributed by atoms with E-state index in [0.29, 0.717) is 19.5 Å². The van der Waals surface area contributed by atoms with E-state index >= 15 is 0 Å². The summed E-state index contributed by atoms with van der Waals surface area (Å²) in [6.45, 7) is 1.08. The molecule has 41 heavy (non-hydrogen) atoms. The fourth-order valence-corrected chi connectivity index (χ4v) is 5.90. The van der Waals surface area contributed by atoms with Crippen molar-refractivity contribution in [2.45, 2.75) is 38.0 Å². The van der Waals surface area contributed by atoms with Crippen LogP contribution in [0.15, 0.2) is 90.5 Å². The van der Waals surface area contributed by atoms with Crippen LogP contribution >= 0.6 is 0 Å². The smallest absolute Gasteiger partial charge is 0.332 e. The standard InChI is InChI=1S/C32H34N6O3/c1-35(32(41)33-19-24-12-6-3-7-13-24)37-22-30(39)38-28(18-23-10-4-2-5-11-23)31(40)36(21-29(37)38)20-26-17-16-25-14-8-9-15-27(25)34-26/h2-6,8-12,14-17,28-29H,7,13,18-22H2,1H3,(H,33,41)/t28-,29+/m0/s1. The lowest BCUT2D eigenvalue weighted by molar-refractivity contribution is -0.157. The van der Waals surface area contributed by atoms with Gasteiger partial charge in [0.2, 0.25) is 11.8 Å². The van der Waals surface area contributed by atoms with Crippen LogP contribution in [0.3, 0.4) is 0 Å². The number of hydrazine groups is 1. The summed E-state index contributed by atoms with van der Waals surface area (Å²) in [7, 11) is 1.68. The third-order valence-corrected chi connectivity index (χ3v) is 8.09. The van der Waals surface area contributed by atoms with Gasteiger partial charge in [-0.1, -0.05) is 78.4 Å². The van der Waals surface area contributed by atoms with Crippen LogP contribution in [0.5, 0.6) is 0 Å². The van der Waals surface area contributed by atoms with Gasteiger partial charge in [0.05, 0.1) is 30.8 Å². The number of benzene rings is 2. The van der Waals surface area contributed by atoms with Gasteiger partial charge in [0.1, 0.15) is 12.2 Å². The van der Waals surface area contributed by atoms with E-state index in [2.05, 4.69) is 11.4 Å². The van der Waals surface area contributed by atoms with Gasteiger partial charge in [0.15, 0.2) is 0 Å². The molecule has 9 nitrogen and oxygen atoms in total. The summed E-state index contributed by atoms with van der Waals surface area (Å²) >= 11 is 0. The molecule has 9 heteroatoms. The summed E-state index contributed by atoms with van der Waals surface area (Å²) in [5.74, 6) is -0.271. The number of fused-ring (bicyclic) bond motifs is 2. The van der Waals surface area contributed by atoms with Crippen molar-refractivity contribution in [2.24, 2.45) is 0 Å². The van der Waals surface area contributed by atoms with Crippen molar-refractivity contribution >= 4 is 28.7 Å². The highest BCUT2D eigenvalue weighted by Gasteiger charge is 2.51. The van der Waals surface area contributed by atoms with Crippen molar-refractivity contribution in [3.63, 3.8) is 0 Å². The zero-order valence-electron chi connectivity index (χ0n) is 23.1. The second-order valence-corrected chi connectivity index (χ2v) is 10.8. The molecule has 0 radical (unpaired) electrons. The molecule has 2 aliphatic heterocycles. The van der Waals surface area contributed by atoms with Gasteiger partial charge in [-0.3, -0.25) is 19.6 Å². The van der Waals surface area contributed by atoms with E-state index in [1.54, 1.807) is 21.9 Å². The molecule has 2 atom stereocenters. The number of nitrogens with zero attached hydrogens (tertiary/aromatic N) is 5. The first-order valence-corrected chi connectivity index (χ1v) is 14.1. The minimum atomic E-state index is -0.676. The highest BCUT2D eigenvalue weighted by Crippen LogP contribution is 2.30. The topological polar surface area (TPSA) is 89.1 Å². The number of hydrogen-bond acceptors (Lipinski definition) is 5. The summed E-state index contributed by atoms with van der Waals surface area (Å²) in [5, 5.41) is 7.29. The molecule has 3 heterocycles.